The molecule has 3 fully saturated rings. The Bertz CT molecular complexity index is 755. The molecule has 0 unspecified atom stereocenters. The normalized spacial score (nSPS) is 27.7. The molecule has 4 rings (SSSR count). The van der Waals surface area contributed by atoms with Crippen LogP contribution in [0, 0.1) is 5.92 Å². The molecule has 0 bridgehead atoms. The fourth-order valence-electron chi connectivity index (χ4n) is 4.47. The maximum Gasteiger partial charge on any atom is 0.433 e. The third-order valence-electron chi connectivity index (χ3n) is 5.67. The molecular weight excluding hydrogens is 363 g/mol. The molecule has 2 aliphatic heterocycles. The molecular formula is C18H20F3N3O3. The summed E-state index contributed by atoms with van der Waals surface area (Å²) in [7, 11) is 0. The molecule has 27 heavy (non-hydrogen) atoms. The predicted octanol–water partition coefficient (Wildman–Crippen LogP) is 3.07. The highest BCUT2D eigenvalue weighted by Gasteiger charge is 2.55. The second kappa shape index (κ2) is 6.69. The third-order valence-corrected chi connectivity index (χ3v) is 5.67. The van der Waals surface area contributed by atoms with Gasteiger partial charge in [-0.15, -0.1) is 0 Å². The van der Waals surface area contributed by atoms with Gasteiger partial charge in [-0.3, -0.25) is 9.69 Å². The molecule has 0 N–H and O–H groups in total. The van der Waals surface area contributed by atoms with Crippen LogP contribution in [0.3, 0.4) is 0 Å². The zero-order valence-corrected chi connectivity index (χ0v) is 14.6. The molecule has 0 spiro atoms. The van der Waals surface area contributed by atoms with E-state index in [-0.39, 0.29) is 37.0 Å². The highest BCUT2D eigenvalue weighted by Crippen LogP contribution is 2.43. The van der Waals surface area contributed by atoms with Crippen LogP contribution < -0.4 is 4.74 Å². The first kappa shape index (κ1) is 18.1. The highest BCUT2D eigenvalue weighted by atomic mass is 19.4. The van der Waals surface area contributed by atoms with Gasteiger partial charge in [-0.1, -0.05) is 18.9 Å². The lowest BCUT2D eigenvalue weighted by atomic mass is 9.84. The fourth-order valence-corrected chi connectivity index (χ4v) is 4.47. The number of carbonyl (C=O) groups is 2. The smallest absolute Gasteiger partial charge is 0.433 e. The van der Waals surface area contributed by atoms with Crippen molar-refractivity contribution in [3.05, 3.63) is 23.9 Å². The first-order chi connectivity index (χ1) is 12.9. The number of amides is 3. The van der Waals surface area contributed by atoms with Gasteiger partial charge in [0.2, 0.25) is 5.88 Å². The summed E-state index contributed by atoms with van der Waals surface area (Å²) in [6, 6.07) is 2.81. The Morgan fingerprint density at radius 1 is 1.19 bits per heavy atom. The van der Waals surface area contributed by atoms with Crippen molar-refractivity contribution in [2.24, 2.45) is 5.92 Å². The van der Waals surface area contributed by atoms with Crippen molar-refractivity contribution in [2.75, 3.05) is 13.2 Å². The second-order valence-corrected chi connectivity index (χ2v) is 7.25. The number of ether oxygens (including phenoxy) is 1. The summed E-state index contributed by atoms with van der Waals surface area (Å²) in [5.41, 5.74) is -1.04. The first-order valence-electron chi connectivity index (χ1n) is 9.17. The van der Waals surface area contributed by atoms with Crippen LogP contribution in [0.2, 0.25) is 0 Å². The van der Waals surface area contributed by atoms with Gasteiger partial charge < -0.3 is 9.64 Å². The lowest BCUT2D eigenvalue weighted by Crippen LogP contribution is -2.42. The lowest BCUT2D eigenvalue weighted by molar-refractivity contribution is -0.141. The average Bonchev–Trinajstić information content (AvgIpc) is 3.13. The molecule has 3 heterocycles. The Balaban J connectivity index is 1.37. The molecule has 6 nitrogen and oxygen atoms in total. The summed E-state index contributed by atoms with van der Waals surface area (Å²) in [6.07, 6.45) is 0.354. The van der Waals surface area contributed by atoms with Crippen LogP contribution in [-0.2, 0) is 11.0 Å². The number of nitrogens with zero attached hydrogens (tertiary/aromatic N) is 3. The molecule has 3 atom stereocenters. The van der Waals surface area contributed by atoms with Crippen LogP contribution >= 0.6 is 0 Å². The maximum absolute atomic E-state index is 12.7. The fraction of sp³-hybridized carbons (Fsp3) is 0.611. The topological polar surface area (TPSA) is 62.7 Å². The van der Waals surface area contributed by atoms with E-state index in [1.807, 2.05) is 0 Å². The number of urea groups is 1. The molecule has 1 saturated carbocycles. The summed E-state index contributed by atoms with van der Waals surface area (Å²) in [5.74, 6) is -0.00359. The minimum atomic E-state index is -4.55. The van der Waals surface area contributed by atoms with Gasteiger partial charge in [0.1, 0.15) is 18.3 Å². The van der Waals surface area contributed by atoms with Gasteiger partial charge in [0, 0.05) is 12.1 Å². The maximum atomic E-state index is 12.7. The van der Waals surface area contributed by atoms with Gasteiger partial charge >= 0.3 is 12.2 Å². The summed E-state index contributed by atoms with van der Waals surface area (Å²) in [5, 5.41) is 0. The van der Waals surface area contributed by atoms with Crippen molar-refractivity contribution >= 4 is 11.9 Å². The standard InChI is InChI=1S/C18H20F3N3O3/c19-18(20,21)14-6-3-7-15(22-14)27-9-8-23-16(25)13-10-11-4-1-2-5-12(11)24(13)17(23)26/h3,6-7,11-13H,1-2,4-5,8-10H2/t11-,12+,13+/m1/s1. The van der Waals surface area contributed by atoms with Crippen molar-refractivity contribution in [3.63, 3.8) is 0 Å². The highest BCUT2D eigenvalue weighted by molar-refractivity contribution is 6.04. The van der Waals surface area contributed by atoms with Gasteiger partial charge in [-0.25, -0.2) is 9.78 Å². The van der Waals surface area contributed by atoms with Gasteiger partial charge in [0.05, 0.1) is 6.54 Å². The molecule has 1 aliphatic carbocycles. The van der Waals surface area contributed by atoms with Crippen LogP contribution in [0.5, 0.6) is 5.88 Å². The number of aromatic nitrogens is 1. The molecule has 9 heteroatoms. The van der Waals surface area contributed by atoms with Gasteiger partial charge in [-0.2, -0.15) is 13.2 Å². The van der Waals surface area contributed by atoms with E-state index in [0.29, 0.717) is 12.3 Å². The quantitative estimate of drug-likeness (QED) is 0.750. The van der Waals surface area contributed by atoms with E-state index in [1.54, 1.807) is 4.90 Å². The number of halogens is 3. The minimum Gasteiger partial charge on any atom is -0.476 e. The predicted molar refractivity (Wildman–Crippen MR) is 87.8 cm³/mol. The Morgan fingerprint density at radius 3 is 2.74 bits per heavy atom. The summed E-state index contributed by atoms with van der Waals surface area (Å²) < 4.78 is 43.3. The van der Waals surface area contributed by atoms with Crippen molar-refractivity contribution in [1.29, 1.82) is 0 Å². The van der Waals surface area contributed by atoms with Crippen LogP contribution in [0.1, 0.15) is 37.8 Å². The van der Waals surface area contributed by atoms with Crippen LogP contribution in [-0.4, -0.2) is 52.0 Å². The van der Waals surface area contributed by atoms with E-state index >= 15 is 0 Å². The molecule has 1 aromatic rings. The zero-order valence-electron chi connectivity index (χ0n) is 14.6. The number of alkyl halides is 3. The number of pyridine rings is 1. The number of rotatable bonds is 4. The molecule has 3 aliphatic rings. The van der Waals surface area contributed by atoms with Crippen molar-refractivity contribution in [1.82, 2.24) is 14.8 Å². The zero-order chi connectivity index (χ0) is 19.2. The second-order valence-electron chi connectivity index (χ2n) is 7.25. The van der Waals surface area contributed by atoms with E-state index < -0.39 is 17.9 Å². The van der Waals surface area contributed by atoms with Crippen LogP contribution in [0.15, 0.2) is 18.2 Å². The largest absolute Gasteiger partial charge is 0.476 e. The first-order valence-corrected chi connectivity index (χ1v) is 9.17. The number of hydrogen-bond acceptors (Lipinski definition) is 4. The molecule has 3 amide bonds. The Morgan fingerprint density at radius 2 is 1.96 bits per heavy atom. The lowest BCUT2D eigenvalue weighted by Gasteiger charge is -2.30. The molecule has 146 valence electrons. The van der Waals surface area contributed by atoms with Crippen molar-refractivity contribution in [2.45, 2.75) is 50.4 Å². The monoisotopic (exact) mass is 383 g/mol. The van der Waals surface area contributed by atoms with E-state index in [9.17, 15) is 22.8 Å². The van der Waals surface area contributed by atoms with Gasteiger partial charge in [-0.05, 0) is 31.2 Å². The van der Waals surface area contributed by atoms with Crippen LogP contribution in [0.25, 0.3) is 0 Å². The molecule has 0 radical (unpaired) electrons. The molecule has 2 saturated heterocycles. The number of imide groups is 1. The molecule has 1 aromatic heterocycles. The van der Waals surface area contributed by atoms with E-state index in [2.05, 4.69) is 4.98 Å². The SMILES string of the molecule is O=C1[C@@H]2C[C@H]3CCCC[C@@H]3N2C(=O)N1CCOc1cccc(C(F)(F)F)n1. The van der Waals surface area contributed by atoms with Crippen molar-refractivity contribution < 1.29 is 27.5 Å². The summed E-state index contributed by atoms with van der Waals surface area (Å²) in [4.78, 5) is 31.6. The Labute approximate surface area is 154 Å². The van der Waals surface area contributed by atoms with Crippen molar-refractivity contribution in [3.8, 4) is 5.88 Å². The Kier molecular flexibility index (Phi) is 4.47. The summed E-state index contributed by atoms with van der Waals surface area (Å²) in [6.45, 7) is -0.0968. The van der Waals surface area contributed by atoms with E-state index in [0.717, 1.165) is 36.6 Å². The van der Waals surface area contributed by atoms with E-state index in [4.69, 9.17) is 4.74 Å². The minimum absolute atomic E-state index is 0.0000210. The van der Waals surface area contributed by atoms with Crippen LogP contribution in [0.4, 0.5) is 18.0 Å². The summed E-state index contributed by atoms with van der Waals surface area (Å²) >= 11 is 0. The van der Waals surface area contributed by atoms with Gasteiger partial charge in [0.15, 0.2) is 0 Å². The number of hydrogen-bond donors (Lipinski definition) is 0. The Hall–Kier alpha value is -2.32. The third kappa shape index (κ3) is 3.23. The molecule has 0 aromatic carbocycles. The van der Waals surface area contributed by atoms with Gasteiger partial charge in [0.25, 0.3) is 5.91 Å². The average molecular weight is 383 g/mol. The van der Waals surface area contributed by atoms with E-state index in [1.165, 1.54) is 12.1 Å². The number of fused-ring (bicyclic) bond motifs is 3. The number of carbonyl (C=O) groups excluding carboxylic acids is 2.